The summed E-state index contributed by atoms with van der Waals surface area (Å²) in [7, 11) is 3.11. The summed E-state index contributed by atoms with van der Waals surface area (Å²) in [6.07, 6.45) is 1.65. The van der Waals surface area contributed by atoms with E-state index in [1.54, 1.807) is 19.2 Å². The molecule has 0 bridgehead atoms. The van der Waals surface area contributed by atoms with Crippen molar-refractivity contribution in [1.29, 1.82) is 0 Å². The smallest absolute Gasteiger partial charge is 0.275 e. The van der Waals surface area contributed by atoms with Crippen molar-refractivity contribution in [2.24, 2.45) is 0 Å². The second-order valence-corrected chi connectivity index (χ2v) is 5.41. The minimum atomic E-state index is -0.464. The summed E-state index contributed by atoms with van der Waals surface area (Å²) in [6.45, 7) is 2.03. The molecule has 0 saturated heterocycles. The number of benzene rings is 1. The highest BCUT2D eigenvalue weighted by Gasteiger charge is 2.16. The number of aromatic nitrogens is 4. The number of nitrogens with zero attached hydrogens (tertiary/aromatic N) is 4. The second-order valence-electron chi connectivity index (χ2n) is 5.41. The largest absolute Gasteiger partial charge is 0.497 e. The first-order valence-corrected chi connectivity index (χ1v) is 7.59. The van der Waals surface area contributed by atoms with Crippen LogP contribution in [0.3, 0.4) is 0 Å². The van der Waals surface area contributed by atoms with Crippen LogP contribution in [0.25, 0.3) is 5.78 Å². The molecular weight excluding hydrogens is 313 g/mol. The van der Waals surface area contributed by atoms with Gasteiger partial charge < -0.3 is 14.6 Å². The molecular formula is C16H18FN5O2. The minimum Gasteiger partial charge on any atom is -0.497 e. The zero-order valence-electron chi connectivity index (χ0n) is 13.7. The van der Waals surface area contributed by atoms with E-state index in [1.165, 1.54) is 28.7 Å². The molecule has 0 aliphatic heterocycles. The molecule has 0 saturated carbocycles. The molecule has 0 atom stereocenters. The average Bonchev–Trinajstić information content (AvgIpc) is 2.99. The van der Waals surface area contributed by atoms with Crippen molar-refractivity contribution < 1.29 is 9.13 Å². The molecule has 1 aromatic carbocycles. The second kappa shape index (κ2) is 6.31. The van der Waals surface area contributed by atoms with Crippen LogP contribution in [0.2, 0.25) is 0 Å². The highest BCUT2D eigenvalue weighted by atomic mass is 19.1. The van der Waals surface area contributed by atoms with Crippen LogP contribution >= 0.6 is 0 Å². The predicted octanol–water partition coefficient (Wildman–Crippen LogP) is 2.29. The summed E-state index contributed by atoms with van der Waals surface area (Å²) >= 11 is 0. The van der Waals surface area contributed by atoms with E-state index in [0.29, 0.717) is 11.5 Å². The third kappa shape index (κ3) is 2.82. The van der Waals surface area contributed by atoms with Crippen LogP contribution in [-0.2, 0) is 6.42 Å². The van der Waals surface area contributed by atoms with Crippen molar-refractivity contribution in [1.82, 2.24) is 19.6 Å². The van der Waals surface area contributed by atoms with Gasteiger partial charge in [-0.15, -0.1) is 5.10 Å². The predicted molar refractivity (Wildman–Crippen MR) is 88.6 cm³/mol. The molecule has 24 heavy (non-hydrogen) atoms. The summed E-state index contributed by atoms with van der Waals surface area (Å²) in [6, 6.07) is 6.01. The van der Waals surface area contributed by atoms with Gasteiger partial charge in [-0.3, -0.25) is 4.79 Å². The quantitative estimate of drug-likeness (QED) is 0.776. The van der Waals surface area contributed by atoms with Gasteiger partial charge in [0, 0.05) is 24.9 Å². The fourth-order valence-corrected chi connectivity index (χ4v) is 2.47. The van der Waals surface area contributed by atoms with Crippen molar-refractivity contribution in [2.45, 2.75) is 19.8 Å². The fraction of sp³-hybridized carbons (Fsp3) is 0.312. The molecule has 0 aliphatic rings. The number of ether oxygens (including phenoxy) is 1. The summed E-state index contributed by atoms with van der Waals surface area (Å²) < 4.78 is 20.4. The Balaban J connectivity index is 2.02. The third-order valence-electron chi connectivity index (χ3n) is 3.71. The van der Waals surface area contributed by atoms with E-state index in [-0.39, 0.29) is 17.2 Å². The fourth-order valence-electron chi connectivity index (χ4n) is 2.47. The van der Waals surface area contributed by atoms with Gasteiger partial charge in [0.15, 0.2) is 5.82 Å². The lowest BCUT2D eigenvalue weighted by atomic mass is 10.2. The molecule has 126 valence electrons. The molecule has 7 nitrogen and oxygen atoms in total. The lowest BCUT2D eigenvalue weighted by Crippen LogP contribution is -2.17. The van der Waals surface area contributed by atoms with E-state index < -0.39 is 5.82 Å². The zero-order chi connectivity index (χ0) is 17.3. The van der Waals surface area contributed by atoms with E-state index in [9.17, 15) is 9.18 Å². The number of H-pyrrole nitrogens is 1. The summed E-state index contributed by atoms with van der Waals surface area (Å²) in [4.78, 5) is 21.0. The van der Waals surface area contributed by atoms with Gasteiger partial charge in [0.1, 0.15) is 5.75 Å². The van der Waals surface area contributed by atoms with Crippen LogP contribution in [-0.4, -0.2) is 33.7 Å². The van der Waals surface area contributed by atoms with Crippen LogP contribution in [0.15, 0.2) is 29.1 Å². The van der Waals surface area contributed by atoms with Gasteiger partial charge in [0.25, 0.3) is 11.5 Å². The normalized spacial score (nSPS) is 11.0. The lowest BCUT2D eigenvalue weighted by molar-refractivity contribution is 0.411. The van der Waals surface area contributed by atoms with E-state index in [2.05, 4.69) is 15.1 Å². The van der Waals surface area contributed by atoms with Crippen molar-refractivity contribution in [3.8, 4) is 5.75 Å². The minimum absolute atomic E-state index is 0.223. The Morgan fingerprint density at radius 3 is 2.83 bits per heavy atom. The molecule has 0 aliphatic carbocycles. The number of halogens is 1. The number of hydrogen-bond donors (Lipinski definition) is 1. The first-order valence-electron chi connectivity index (χ1n) is 7.59. The number of anilines is 2. The van der Waals surface area contributed by atoms with Crippen LogP contribution < -0.4 is 15.2 Å². The molecule has 2 aromatic heterocycles. The molecule has 0 radical (unpaired) electrons. The number of aromatic amines is 1. The summed E-state index contributed by atoms with van der Waals surface area (Å²) in [5.74, 6) is 0.517. The summed E-state index contributed by atoms with van der Waals surface area (Å²) in [5.41, 5.74) is 0.815. The SMILES string of the molecule is CCCc1cc(=O)n2nc(N(C)c3ccc(OC)cc3F)nc2[nH]1. The topological polar surface area (TPSA) is 75.5 Å². The number of rotatable bonds is 5. The Kier molecular flexibility index (Phi) is 4.20. The first-order chi connectivity index (χ1) is 11.5. The van der Waals surface area contributed by atoms with Crippen molar-refractivity contribution >= 4 is 17.4 Å². The first kappa shape index (κ1) is 16.0. The number of methoxy groups -OCH3 is 1. The van der Waals surface area contributed by atoms with Gasteiger partial charge in [-0.25, -0.2) is 4.39 Å². The lowest BCUT2D eigenvalue weighted by Gasteiger charge is -2.15. The maximum atomic E-state index is 14.2. The van der Waals surface area contributed by atoms with E-state index in [4.69, 9.17) is 4.74 Å². The Labute approximate surface area is 137 Å². The van der Waals surface area contributed by atoms with Crippen LogP contribution in [0, 0.1) is 5.82 Å². The molecule has 0 fully saturated rings. The number of aryl methyl sites for hydroxylation is 1. The molecule has 3 aromatic rings. The molecule has 8 heteroatoms. The van der Waals surface area contributed by atoms with Crippen molar-refractivity contribution in [3.05, 3.63) is 46.1 Å². The Hall–Kier alpha value is -2.90. The van der Waals surface area contributed by atoms with Gasteiger partial charge in [0.05, 0.1) is 12.8 Å². The highest BCUT2D eigenvalue weighted by Crippen LogP contribution is 2.27. The standard InChI is InChI=1S/C16H18FN5O2/c1-4-5-10-8-14(23)22-15(18-10)19-16(20-22)21(2)13-7-6-11(24-3)9-12(13)17/h6-9H,4-5H2,1-3H3,(H,18,19,20). The maximum absolute atomic E-state index is 14.2. The van der Waals surface area contributed by atoms with E-state index in [0.717, 1.165) is 18.5 Å². The zero-order valence-corrected chi connectivity index (χ0v) is 13.7. The third-order valence-corrected chi connectivity index (χ3v) is 3.71. The van der Waals surface area contributed by atoms with Crippen molar-refractivity contribution in [2.75, 3.05) is 19.1 Å². The molecule has 0 amide bonds. The maximum Gasteiger partial charge on any atom is 0.275 e. The molecule has 1 N–H and O–H groups in total. The Morgan fingerprint density at radius 1 is 1.38 bits per heavy atom. The van der Waals surface area contributed by atoms with Crippen molar-refractivity contribution in [3.63, 3.8) is 0 Å². The van der Waals surface area contributed by atoms with Gasteiger partial charge in [-0.05, 0) is 18.6 Å². The van der Waals surface area contributed by atoms with Gasteiger partial charge in [-0.2, -0.15) is 9.50 Å². The van der Waals surface area contributed by atoms with E-state index >= 15 is 0 Å². The summed E-state index contributed by atoms with van der Waals surface area (Å²) in [5, 5.41) is 4.16. The Bertz CT molecular complexity index is 934. The van der Waals surface area contributed by atoms with Gasteiger partial charge in [-0.1, -0.05) is 13.3 Å². The molecule has 0 unspecified atom stereocenters. The number of hydrogen-bond acceptors (Lipinski definition) is 5. The van der Waals surface area contributed by atoms with Crippen LogP contribution in [0.1, 0.15) is 19.0 Å². The van der Waals surface area contributed by atoms with Crippen LogP contribution in [0.5, 0.6) is 5.75 Å². The highest BCUT2D eigenvalue weighted by molar-refractivity contribution is 5.59. The van der Waals surface area contributed by atoms with E-state index in [1.807, 2.05) is 6.92 Å². The molecule has 3 rings (SSSR count). The number of fused-ring (bicyclic) bond motifs is 1. The molecule has 0 spiro atoms. The van der Waals surface area contributed by atoms with Crippen LogP contribution in [0.4, 0.5) is 16.0 Å². The van der Waals surface area contributed by atoms with Gasteiger partial charge >= 0.3 is 0 Å². The average molecular weight is 331 g/mol. The Morgan fingerprint density at radius 2 is 2.17 bits per heavy atom. The number of nitrogens with one attached hydrogen (secondary N) is 1. The monoisotopic (exact) mass is 331 g/mol. The molecule has 2 heterocycles. The van der Waals surface area contributed by atoms with Gasteiger partial charge in [0.2, 0.25) is 5.78 Å².